The molecule has 2 rings (SSSR count). The van der Waals surface area contributed by atoms with Gasteiger partial charge in [-0.25, -0.2) is 4.79 Å². The fourth-order valence-electron chi connectivity index (χ4n) is 3.89. The van der Waals surface area contributed by atoms with E-state index in [1.165, 1.54) is 0 Å². The maximum Gasteiger partial charge on any atom is 0.410 e. The van der Waals surface area contributed by atoms with Crippen LogP contribution < -0.4 is 5.32 Å². The SMILES string of the molecule is CC(C)C1CC(NC2CCC(N(C)C(=O)OC(C)(C)C)CC2)CCO1. The van der Waals surface area contributed by atoms with Gasteiger partial charge < -0.3 is 19.7 Å². The topological polar surface area (TPSA) is 50.8 Å². The zero-order chi connectivity index (χ0) is 18.6. The van der Waals surface area contributed by atoms with Crippen LogP contribution in [0.1, 0.15) is 73.1 Å². The van der Waals surface area contributed by atoms with Crippen molar-refractivity contribution in [1.29, 1.82) is 0 Å². The summed E-state index contributed by atoms with van der Waals surface area (Å²) in [7, 11) is 1.87. The summed E-state index contributed by atoms with van der Waals surface area (Å²) >= 11 is 0. The molecule has 1 N–H and O–H groups in total. The number of rotatable bonds is 4. The van der Waals surface area contributed by atoms with Gasteiger partial charge in [-0.15, -0.1) is 0 Å². The highest BCUT2D eigenvalue weighted by Gasteiger charge is 2.31. The molecule has 146 valence electrons. The van der Waals surface area contributed by atoms with E-state index in [-0.39, 0.29) is 6.09 Å². The highest BCUT2D eigenvalue weighted by atomic mass is 16.6. The van der Waals surface area contributed by atoms with Crippen LogP contribution in [0.25, 0.3) is 0 Å². The maximum atomic E-state index is 12.2. The van der Waals surface area contributed by atoms with E-state index in [0.29, 0.717) is 30.1 Å². The molecule has 1 amide bonds. The molecule has 0 radical (unpaired) electrons. The molecule has 2 atom stereocenters. The normalized spacial score (nSPS) is 31.0. The summed E-state index contributed by atoms with van der Waals surface area (Å²) in [4.78, 5) is 14.0. The molecule has 2 fully saturated rings. The van der Waals surface area contributed by atoms with Gasteiger partial charge in [0.15, 0.2) is 0 Å². The molecule has 25 heavy (non-hydrogen) atoms. The van der Waals surface area contributed by atoms with Crippen LogP contribution in [0.5, 0.6) is 0 Å². The van der Waals surface area contributed by atoms with Crippen LogP contribution >= 0.6 is 0 Å². The van der Waals surface area contributed by atoms with E-state index in [2.05, 4.69) is 19.2 Å². The summed E-state index contributed by atoms with van der Waals surface area (Å²) in [6.07, 6.45) is 6.77. The van der Waals surface area contributed by atoms with Crippen LogP contribution in [-0.2, 0) is 9.47 Å². The molecule has 0 bridgehead atoms. The number of nitrogens with one attached hydrogen (secondary N) is 1. The summed E-state index contributed by atoms with van der Waals surface area (Å²) in [5, 5.41) is 3.85. The molecule has 1 saturated carbocycles. The number of nitrogens with zero attached hydrogens (tertiary/aromatic N) is 1. The van der Waals surface area contributed by atoms with Gasteiger partial charge in [0.25, 0.3) is 0 Å². The third kappa shape index (κ3) is 6.45. The second kappa shape index (κ2) is 8.72. The molecule has 0 aromatic heterocycles. The van der Waals surface area contributed by atoms with Crippen molar-refractivity contribution >= 4 is 6.09 Å². The largest absolute Gasteiger partial charge is 0.444 e. The summed E-state index contributed by atoms with van der Waals surface area (Å²) in [5.41, 5.74) is -0.430. The molecule has 5 nitrogen and oxygen atoms in total. The van der Waals surface area contributed by atoms with Gasteiger partial charge in [0.1, 0.15) is 5.60 Å². The third-order valence-corrected chi connectivity index (χ3v) is 5.46. The van der Waals surface area contributed by atoms with Crippen molar-refractivity contribution in [3.8, 4) is 0 Å². The van der Waals surface area contributed by atoms with Gasteiger partial charge >= 0.3 is 6.09 Å². The molecule has 0 spiro atoms. The molecule has 2 unspecified atom stereocenters. The van der Waals surface area contributed by atoms with Crippen molar-refractivity contribution in [2.24, 2.45) is 5.92 Å². The Balaban J connectivity index is 1.75. The second-order valence-corrected chi connectivity index (χ2v) is 9.14. The minimum Gasteiger partial charge on any atom is -0.444 e. The van der Waals surface area contributed by atoms with Gasteiger partial charge in [-0.2, -0.15) is 0 Å². The van der Waals surface area contributed by atoms with Crippen molar-refractivity contribution in [3.63, 3.8) is 0 Å². The monoisotopic (exact) mass is 354 g/mol. The lowest BCUT2D eigenvalue weighted by atomic mass is 9.88. The van der Waals surface area contributed by atoms with Crippen LogP contribution in [0.3, 0.4) is 0 Å². The van der Waals surface area contributed by atoms with E-state index in [1.807, 2.05) is 27.8 Å². The Labute approximate surface area is 153 Å². The van der Waals surface area contributed by atoms with Crippen LogP contribution in [0.2, 0.25) is 0 Å². The molecule has 1 aliphatic carbocycles. The highest BCUT2D eigenvalue weighted by molar-refractivity contribution is 5.68. The van der Waals surface area contributed by atoms with E-state index in [4.69, 9.17) is 9.47 Å². The van der Waals surface area contributed by atoms with Crippen LogP contribution in [0.4, 0.5) is 4.79 Å². The standard InChI is InChI=1S/C20H38N2O3/c1-14(2)18-13-16(11-12-24-18)21-15-7-9-17(10-8-15)22(6)19(23)25-20(3,4)5/h14-18,21H,7-13H2,1-6H3. The lowest BCUT2D eigenvalue weighted by Crippen LogP contribution is -2.49. The highest BCUT2D eigenvalue weighted by Crippen LogP contribution is 2.26. The molecule has 0 aromatic carbocycles. The van der Waals surface area contributed by atoms with Crippen molar-refractivity contribution in [3.05, 3.63) is 0 Å². The summed E-state index contributed by atoms with van der Waals surface area (Å²) in [6, 6.07) is 1.44. The van der Waals surface area contributed by atoms with Crippen molar-refractivity contribution in [2.75, 3.05) is 13.7 Å². The molecule has 5 heteroatoms. The van der Waals surface area contributed by atoms with Crippen molar-refractivity contribution < 1.29 is 14.3 Å². The van der Waals surface area contributed by atoms with E-state index in [0.717, 1.165) is 45.1 Å². The van der Waals surface area contributed by atoms with Crippen molar-refractivity contribution in [2.45, 2.75) is 103 Å². The molecule has 1 heterocycles. The Hall–Kier alpha value is -0.810. The van der Waals surface area contributed by atoms with Gasteiger partial charge in [0.2, 0.25) is 0 Å². The lowest BCUT2D eigenvalue weighted by molar-refractivity contribution is -0.0271. The Morgan fingerprint density at radius 2 is 1.76 bits per heavy atom. The Morgan fingerprint density at radius 1 is 1.12 bits per heavy atom. The number of hydrogen-bond acceptors (Lipinski definition) is 4. The zero-order valence-corrected chi connectivity index (χ0v) is 17.0. The minimum absolute atomic E-state index is 0.201. The van der Waals surface area contributed by atoms with E-state index in [1.54, 1.807) is 4.90 Å². The van der Waals surface area contributed by atoms with E-state index in [9.17, 15) is 4.79 Å². The van der Waals surface area contributed by atoms with Gasteiger partial charge in [-0.3, -0.25) is 0 Å². The number of carbonyl (C=O) groups excluding carboxylic acids is 1. The number of hydrogen-bond donors (Lipinski definition) is 1. The van der Waals surface area contributed by atoms with E-state index >= 15 is 0 Å². The first-order valence-electron chi connectivity index (χ1n) is 9.99. The van der Waals surface area contributed by atoms with Crippen LogP contribution in [-0.4, -0.2) is 54.5 Å². The Bertz CT molecular complexity index is 425. The summed E-state index contributed by atoms with van der Waals surface area (Å²) < 4.78 is 11.4. The number of ether oxygens (including phenoxy) is 2. The quantitative estimate of drug-likeness (QED) is 0.830. The Morgan fingerprint density at radius 3 is 2.32 bits per heavy atom. The van der Waals surface area contributed by atoms with Crippen molar-refractivity contribution in [1.82, 2.24) is 10.2 Å². The Kier molecular flexibility index (Phi) is 7.15. The summed E-state index contributed by atoms with van der Waals surface area (Å²) in [5.74, 6) is 0.586. The molecule has 1 aliphatic heterocycles. The summed E-state index contributed by atoms with van der Waals surface area (Å²) in [6.45, 7) is 11.1. The molecule has 2 aliphatic rings. The van der Waals surface area contributed by atoms with Crippen LogP contribution in [0.15, 0.2) is 0 Å². The first-order valence-corrected chi connectivity index (χ1v) is 9.99. The third-order valence-electron chi connectivity index (χ3n) is 5.46. The van der Waals surface area contributed by atoms with E-state index < -0.39 is 5.60 Å². The lowest BCUT2D eigenvalue weighted by Gasteiger charge is -2.39. The second-order valence-electron chi connectivity index (χ2n) is 9.14. The van der Waals surface area contributed by atoms with Gasteiger partial charge in [-0.1, -0.05) is 13.8 Å². The smallest absolute Gasteiger partial charge is 0.410 e. The molecule has 0 aromatic rings. The average molecular weight is 355 g/mol. The predicted molar refractivity (Wildman–Crippen MR) is 101 cm³/mol. The zero-order valence-electron chi connectivity index (χ0n) is 17.0. The number of carbonyl (C=O) groups is 1. The first kappa shape index (κ1) is 20.5. The van der Waals surface area contributed by atoms with Gasteiger partial charge in [0, 0.05) is 31.8 Å². The van der Waals surface area contributed by atoms with Gasteiger partial charge in [0.05, 0.1) is 6.10 Å². The van der Waals surface area contributed by atoms with Crippen LogP contribution in [0, 0.1) is 5.92 Å². The van der Waals surface area contributed by atoms with Gasteiger partial charge in [-0.05, 0) is 65.2 Å². The predicted octanol–water partition coefficient (Wildman–Crippen LogP) is 3.96. The fraction of sp³-hybridized carbons (Fsp3) is 0.950. The maximum absolute atomic E-state index is 12.2. The molecule has 1 saturated heterocycles. The first-order chi connectivity index (χ1) is 11.7. The fourth-order valence-corrected chi connectivity index (χ4v) is 3.89. The molecular formula is C20H38N2O3. The number of amides is 1. The average Bonchev–Trinajstić information content (AvgIpc) is 2.53. The molecular weight excluding hydrogens is 316 g/mol. The minimum atomic E-state index is -0.430.